The summed E-state index contributed by atoms with van der Waals surface area (Å²) >= 11 is 0. The summed E-state index contributed by atoms with van der Waals surface area (Å²) in [5, 5.41) is 3.03. The molecule has 2 aromatic rings. The van der Waals surface area contributed by atoms with Gasteiger partial charge in [-0.1, -0.05) is 42.5 Å². The Balaban J connectivity index is 1.68. The summed E-state index contributed by atoms with van der Waals surface area (Å²) in [6, 6.07) is 18.8. The lowest BCUT2D eigenvalue weighted by Crippen LogP contribution is -2.31. The lowest BCUT2D eigenvalue weighted by molar-refractivity contribution is -0.120. The van der Waals surface area contributed by atoms with E-state index in [9.17, 15) is 4.79 Å². The molecule has 24 heavy (non-hydrogen) atoms. The minimum absolute atomic E-state index is 0.133. The average Bonchev–Trinajstić information content (AvgIpc) is 2.60. The Kier molecular flexibility index (Phi) is 7.34. The molecule has 3 heteroatoms. The number of carbonyl (C=O) groups excluding carboxylic acids is 1. The van der Waals surface area contributed by atoms with Crippen LogP contribution < -0.4 is 10.2 Å². The van der Waals surface area contributed by atoms with Gasteiger partial charge in [0, 0.05) is 31.7 Å². The molecular formula is C21H28N2O. The average molecular weight is 324 g/mol. The second-order valence-corrected chi connectivity index (χ2v) is 6.11. The molecule has 0 unspecified atom stereocenters. The lowest BCUT2D eigenvalue weighted by Gasteiger charge is -2.23. The van der Waals surface area contributed by atoms with Gasteiger partial charge >= 0.3 is 0 Å². The third-order valence-corrected chi connectivity index (χ3v) is 4.16. The monoisotopic (exact) mass is 324 g/mol. The van der Waals surface area contributed by atoms with Crippen molar-refractivity contribution in [3.63, 3.8) is 0 Å². The molecule has 128 valence electrons. The van der Waals surface area contributed by atoms with Crippen molar-refractivity contribution in [2.75, 3.05) is 24.5 Å². The number of benzene rings is 2. The highest BCUT2D eigenvalue weighted by molar-refractivity contribution is 5.76. The maximum absolute atomic E-state index is 12.0. The molecule has 0 aliphatic rings. The Morgan fingerprint density at radius 2 is 1.88 bits per heavy atom. The summed E-state index contributed by atoms with van der Waals surface area (Å²) in [6.07, 6.45) is 2.52. The first kappa shape index (κ1) is 18.1. The molecule has 0 heterocycles. The number of hydrogen-bond donors (Lipinski definition) is 1. The van der Waals surface area contributed by atoms with Gasteiger partial charge < -0.3 is 10.2 Å². The van der Waals surface area contributed by atoms with Gasteiger partial charge in [0.25, 0.3) is 0 Å². The molecule has 0 aromatic heterocycles. The fourth-order valence-electron chi connectivity index (χ4n) is 2.78. The zero-order valence-corrected chi connectivity index (χ0v) is 14.8. The topological polar surface area (TPSA) is 32.3 Å². The minimum atomic E-state index is 0.133. The van der Waals surface area contributed by atoms with Crippen LogP contribution in [0, 0.1) is 6.92 Å². The van der Waals surface area contributed by atoms with Crippen LogP contribution in [0.25, 0.3) is 0 Å². The first-order valence-electron chi connectivity index (χ1n) is 8.81. The number of carbonyl (C=O) groups is 1. The van der Waals surface area contributed by atoms with Crippen LogP contribution in [0.5, 0.6) is 0 Å². The molecule has 0 bridgehead atoms. The second-order valence-electron chi connectivity index (χ2n) is 6.11. The number of amides is 1. The van der Waals surface area contributed by atoms with E-state index < -0.39 is 0 Å². The number of aryl methyl sites for hydroxylation is 2. The molecule has 0 saturated heterocycles. The molecule has 0 atom stereocenters. The molecule has 2 rings (SSSR count). The van der Waals surface area contributed by atoms with Gasteiger partial charge in [0.2, 0.25) is 5.91 Å². The molecule has 1 N–H and O–H groups in total. The third kappa shape index (κ3) is 6.07. The molecule has 0 radical (unpaired) electrons. The van der Waals surface area contributed by atoms with Crippen LogP contribution in [0.3, 0.4) is 0 Å². The highest BCUT2D eigenvalue weighted by atomic mass is 16.1. The van der Waals surface area contributed by atoms with E-state index in [2.05, 4.69) is 72.6 Å². The summed E-state index contributed by atoms with van der Waals surface area (Å²) in [4.78, 5) is 14.3. The number of anilines is 1. The first-order valence-corrected chi connectivity index (χ1v) is 8.81. The van der Waals surface area contributed by atoms with E-state index in [0.717, 1.165) is 32.5 Å². The number of nitrogens with zero attached hydrogens (tertiary/aromatic N) is 1. The molecule has 1 amide bonds. The van der Waals surface area contributed by atoms with E-state index in [4.69, 9.17) is 0 Å². The van der Waals surface area contributed by atoms with E-state index >= 15 is 0 Å². The first-order chi connectivity index (χ1) is 11.7. The van der Waals surface area contributed by atoms with Crippen molar-refractivity contribution in [2.45, 2.75) is 33.1 Å². The maximum Gasteiger partial charge on any atom is 0.221 e. The van der Waals surface area contributed by atoms with Crippen molar-refractivity contribution in [1.29, 1.82) is 0 Å². The highest BCUT2D eigenvalue weighted by Gasteiger charge is 2.07. The molecular weight excluding hydrogens is 296 g/mol. The molecule has 0 aliphatic heterocycles. The van der Waals surface area contributed by atoms with Gasteiger partial charge in [0.1, 0.15) is 0 Å². The van der Waals surface area contributed by atoms with Crippen molar-refractivity contribution in [1.82, 2.24) is 5.32 Å². The number of nitrogens with one attached hydrogen (secondary N) is 1. The molecule has 0 aliphatic carbocycles. The van der Waals surface area contributed by atoms with E-state index in [1.165, 1.54) is 16.8 Å². The summed E-state index contributed by atoms with van der Waals surface area (Å²) in [7, 11) is 0. The van der Waals surface area contributed by atoms with Crippen molar-refractivity contribution in [2.24, 2.45) is 0 Å². The number of hydrogen-bond acceptors (Lipinski definition) is 2. The lowest BCUT2D eigenvalue weighted by atomic mass is 10.1. The smallest absolute Gasteiger partial charge is 0.221 e. The molecule has 0 saturated carbocycles. The Morgan fingerprint density at radius 3 is 2.58 bits per heavy atom. The van der Waals surface area contributed by atoms with Crippen LogP contribution in [-0.4, -0.2) is 25.5 Å². The van der Waals surface area contributed by atoms with Gasteiger partial charge in [-0.05, 0) is 49.9 Å². The second kappa shape index (κ2) is 9.76. The van der Waals surface area contributed by atoms with Gasteiger partial charge in [-0.15, -0.1) is 0 Å². The van der Waals surface area contributed by atoms with E-state index in [-0.39, 0.29) is 5.91 Å². The summed E-state index contributed by atoms with van der Waals surface area (Å²) in [5.41, 5.74) is 3.76. The fourth-order valence-corrected chi connectivity index (χ4v) is 2.78. The summed E-state index contributed by atoms with van der Waals surface area (Å²) in [5.74, 6) is 0.133. The quantitative estimate of drug-likeness (QED) is 0.708. The van der Waals surface area contributed by atoms with Crippen LogP contribution in [0.15, 0.2) is 54.6 Å². The van der Waals surface area contributed by atoms with Crippen molar-refractivity contribution >= 4 is 11.6 Å². The SMILES string of the molecule is CCN(CCC(=O)NCCCc1ccccc1)c1cccc(C)c1. The van der Waals surface area contributed by atoms with Crippen LogP contribution in [-0.2, 0) is 11.2 Å². The van der Waals surface area contributed by atoms with Gasteiger partial charge in [-0.25, -0.2) is 0 Å². The summed E-state index contributed by atoms with van der Waals surface area (Å²) in [6.45, 7) is 6.62. The van der Waals surface area contributed by atoms with Crippen molar-refractivity contribution in [3.8, 4) is 0 Å². The standard InChI is InChI=1S/C21H28N2O/c1-3-23(20-13-7-9-18(2)17-20)16-14-21(24)22-15-8-12-19-10-5-4-6-11-19/h4-7,9-11,13,17H,3,8,12,14-16H2,1-2H3,(H,22,24). The Morgan fingerprint density at radius 1 is 1.08 bits per heavy atom. The van der Waals surface area contributed by atoms with Crippen molar-refractivity contribution < 1.29 is 4.79 Å². The normalized spacial score (nSPS) is 10.4. The zero-order valence-electron chi connectivity index (χ0n) is 14.8. The van der Waals surface area contributed by atoms with Gasteiger partial charge in [-0.2, -0.15) is 0 Å². The Hall–Kier alpha value is -2.29. The van der Waals surface area contributed by atoms with Gasteiger partial charge in [-0.3, -0.25) is 4.79 Å². The minimum Gasteiger partial charge on any atom is -0.371 e. The predicted octanol–water partition coefficient (Wildman–Crippen LogP) is 3.96. The van der Waals surface area contributed by atoms with E-state index in [0.29, 0.717) is 6.42 Å². The molecule has 0 fully saturated rings. The highest BCUT2D eigenvalue weighted by Crippen LogP contribution is 2.15. The van der Waals surface area contributed by atoms with Crippen LogP contribution >= 0.6 is 0 Å². The van der Waals surface area contributed by atoms with E-state index in [1.807, 2.05) is 6.07 Å². The summed E-state index contributed by atoms with van der Waals surface area (Å²) < 4.78 is 0. The number of rotatable bonds is 9. The molecule has 2 aromatic carbocycles. The van der Waals surface area contributed by atoms with Gasteiger partial charge in [0.15, 0.2) is 0 Å². The van der Waals surface area contributed by atoms with Gasteiger partial charge in [0.05, 0.1) is 0 Å². The van der Waals surface area contributed by atoms with Crippen LogP contribution in [0.2, 0.25) is 0 Å². The van der Waals surface area contributed by atoms with E-state index in [1.54, 1.807) is 0 Å². The van der Waals surface area contributed by atoms with Crippen LogP contribution in [0.4, 0.5) is 5.69 Å². The Labute approximate surface area is 145 Å². The predicted molar refractivity (Wildman–Crippen MR) is 101 cm³/mol. The maximum atomic E-state index is 12.0. The Bertz CT molecular complexity index is 625. The third-order valence-electron chi connectivity index (χ3n) is 4.16. The zero-order chi connectivity index (χ0) is 17.2. The molecule has 0 spiro atoms. The van der Waals surface area contributed by atoms with Crippen LogP contribution in [0.1, 0.15) is 30.9 Å². The fraction of sp³-hybridized carbons (Fsp3) is 0.381. The van der Waals surface area contributed by atoms with Crippen molar-refractivity contribution in [3.05, 3.63) is 65.7 Å². The largest absolute Gasteiger partial charge is 0.371 e. The molecule has 3 nitrogen and oxygen atoms in total.